The monoisotopic (exact) mass is 299 g/mol. The molecule has 0 saturated heterocycles. The fourth-order valence-electron chi connectivity index (χ4n) is 1.57. The Morgan fingerprint density at radius 1 is 1.47 bits per heavy atom. The van der Waals surface area contributed by atoms with Crippen LogP contribution in [-0.2, 0) is 6.42 Å². The van der Waals surface area contributed by atoms with Gasteiger partial charge in [-0.25, -0.2) is 0 Å². The molecule has 1 amide bonds. The van der Waals surface area contributed by atoms with E-state index in [4.69, 9.17) is 16.0 Å². The lowest BCUT2D eigenvalue weighted by molar-refractivity contribution is 0.0889. The van der Waals surface area contributed by atoms with Crippen molar-refractivity contribution in [2.75, 3.05) is 6.54 Å². The van der Waals surface area contributed by atoms with Crippen molar-refractivity contribution in [3.05, 3.63) is 45.0 Å². The van der Waals surface area contributed by atoms with Crippen LogP contribution in [0.15, 0.2) is 28.7 Å². The maximum atomic E-state index is 11.8. The van der Waals surface area contributed by atoms with Crippen LogP contribution in [0.25, 0.3) is 0 Å². The van der Waals surface area contributed by atoms with Crippen LogP contribution in [0, 0.1) is 0 Å². The van der Waals surface area contributed by atoms with Crippen molar-refractivity contribution >= 4 is 28.8 Å². The predicted octanol–water partition coefficient (Wildman–Crippen LogP) is 3.02. The first-order valence-corrected chi connectivity index (χ1v) is 7.09. The van der Waals surface area contributed by atoms with Crippen molar-refractivity contribution in [3.8, 4) is 0 Å². The van der Waals surface area contributed by atoms with Crippen LogP contribution in [0.1, 0.15) is 34.2 Å². The van der Waals surface area contributed by atoms with Gasteiger partial charge in [-0.15, -0.1) is 11.3 Å². The number of aliphatic hydroxyl groups excluding tert-OH is 1. The molecule has 2 aromatic rings. The number of aryl methyl sites for hydroxylation is 1. The average Bonchev–Trinajstić information content (AvgIpc) is 3.04. The van der Waals surface area contributed by atoms with Crippen LogP contribution in [0.2, 0.25) is 4.34 Å². The molecule has 0 aliphatic carbocycles. The number of thiophene rings is 1. The minimum absolute atomic E-state index is 0.123. The fourth-order valence-corrected chi connectivity index (χ4v) is 2.62. The maximum Gasteiger partial charge on any atom is 0.287 e. The second-order valence-electron chi connectivity index (χ2n) is 3.99. The second-order valence-corrected chi connectivity index (χ2v) is 5.73. The molecule has 102 valence electrons. The second kappa shape index (κ2) is 6.23. The van der Waals surface area contributed by atoms with Gasteiger partial charge in [-0.05, 0) is 24.3 Å². The van der Waals surface area contributed by atoms with Crippen molar-refractivity contribution in [1.82, 2.24) is 5.32 Å². The number of amides is 1. The summed E-state index contributed by atoms with van der Waals surface area (Å²) in [6.45, 7) is 2.07. The van der Waals surface area contributed by atoms with E-state index in [9.17, 15) is 9.90 Å². The van der Waals surface area contributed by atoms with Crippen molar-refractivity contribution < 1.29 is 14.3 Å². The lowest BCUT2D eigenvalue weighted by Gasteiger charge is -2.09. The SMILES string of the molecule is CCc1ccc(C(=O)NC[C@@H](O)c2ccc(Cl)s2)o1. The third kappa shape index (κ3) is 3.59. The molecular formula is C13H14ClNO3S. The van der Waals surface area contributed by atoms with Crippen molar-refractivity contribution in [1.29, 1.82) is 0 Å². The van der Waals surface area contributed by atoms with Gasteiger partial charge in [0.25, 0.3) is 5.91 Å². The number of carbonyl (C=O) groups is 1. The summed E-state index contributed by atoms with van der Waals surface area (Å²) in [5, 5.41) is 12.5. The molecule has 0 fully saturated rings. The number of aliphatic hydroxyl groups is 1. The van der Waals surface area contributed by atoms with E-state index < -0.39 is 6.10 Å². The molecule has 2 rings (SSSR count). The van der Waals surface area contributed by atoms with Gasteiger partial charge in [-0.1, -0.05) is 18.5 Å². The van der Waals surface area contributed by atoms with Crippen molar-refractivity contribution in [2.24, 2.45) is 0 Å². The summed E-state index contributed by atoms with van der Waals surface area (Å²) in [4.78, 5) is 12.5. The molecule has 4 nitrogen and oxygen atoms in total. The van der Waals surface area contributed by atoms with Crippen molar-refractivity contribution in [2.45, 2.75) is 19.4 Å². The van der Waals surface area contributed by atoms with Gasteiger partial charge in [0.2, 0.25) is 0 Å². The van der Waals surface area contributed by atoms with Crippen LogP contribution in [0.5, 0.6) is 0 Å². The molecule has 0 radical (unpaired) electrons. The quantitative estimate of drug-likeness (QED) is 0.892. The third-order valence-electron chi connectivity index (χ3n) is 2.61. The van der Waals surface area contributed by atoms with E-state index in [0.717, 1.165) is 17.1 Å². The highest BCUT2D eigenvalue weighted by molar-refractivity contribution is 7.16. The van der Waals surface area contributed by atoms with Crippen LogP contribution in [0.3, 0.4) is 0 Å². The molecule has 2 heterocycles. The van der Waals surface area contributed by atoms with Gasteiger partial charge in [0.05, 0.1) is 4.34 Å². The standard InChI is InChI=1S/C13H14ClNO3S/c1-2-8-3-4-10(18-8)13(17)15-7-9(16)11-5-6-12(14)19-11/h3-6,9,16H,2,7H2,1H3,(H,15,17)/t9-/m1/s1. The molecule has 0 bridgehead atoms. The van der Waals surface area contributed by atoms with E-state index in [-0.39, 0.29) is 18.2 Å². The number of hydrogen-bond acceptors (Lipinski definition) is 4. The highest BCUT2D eigenvalue weighted by atomic mass is 35.5. The number of nitrogens with one attached hydrogen (secondary N) is 1. The smallest absolute Gasteiger partial charge is 0.287 e. The van der Waals surface area contributed by atoms with Crippen LogP contribution >= 0.6 is 22.9 Å². The number of hydrogen-bond donors (Lipinski definition) is 2. The summed E-state index contributed by atoms with van der Waals surface area (Å²) < 4.78 is 5.93. The zero-order chi connectivity index (χ0) is 13.8. The van der Waals surface area contributed by atoms with Gasteiger partial charge in [0, 0.05) is 17.8 Å². The molecule has 19 heavy (non-hydrogen) atoms. The summed E-state index contributed by atoms with van der Waals surface area (Å²) in [5.41, 5.74) is 0. The van der Waals surface area contributed by atoms with E-state index >= 15 is 0 Å². The third-order valence-corrected chi connectivity index (χ3v) is 3.94. The molecule has 0 spiro atoms. The number of rotatable bonds is 5. The van der Waals surface area contributed by atoms with Gasteiger partial charge in [-0.3, -0.25) is 4.79 Å². The first-order chi connectivity index (χ1) is 9.10. The lowest BCUT2D eigenvalue weighted by atomic mass is 10.3. The number of halogens is 1. The van der Waals surface area contributed by atoms with E-state index in [1.165, 1.54) is 11.3 Å². The van der Waals surface area contributed by atoms with Gasteiger partial charge in [0.15, 0.2) is 5.76 Å². The van der Waals surface area contributed by atoms with Crippen LogP contribution in [0.4, 0.5) is 0 Å². The van der Waals surface area contributed by atoms with E-state index in [1.54, 1.807) is 24.3 Å². The Labute approximate surface area is 120 Å². The van der Waals surface area contributed by atoms with Crippen LogP contribution < -0.4 is 5.32 Å². The largest absolute Gasteiger partial charge is 0.456 e. The van der Waals surface area contributed by atoms with Gasteiger partial charge >= 0.3 is 0 Å². The Morgan fingerprint density at radius 2 is 2.26 bits per heavy atom. The average molecular weight is 300 g/mol. The first-order valence-electron chi connectivity index (χ1n) is 5.90. The zero-order valence-electron chi connectivity index (χ0n) is 10.4. The summed E-state index contributed by atoms with van der Waals surface area (Å²) >= 11 is 7.08. The molecule has 0 aliphatic rings. The number of carbonyl (C=O) groups excluding carboxylic acids is 1. The minimum atomic E-state index is -0.762. The number of furan rings is 1. The summed E-state index contributed by atoms with van der Waals surface area (Å²) in [5.74, 6) is 0.686. The summed E-state index contributed by atoms with van der Waals surface area (Å²) in [6.07, 6.45) is -0.0223. The molecule has 2 aromatic heterocycles. The van der Waals surface area contributed by atoms with Crippen molar-refractivity contribution in [3.63, 3.8) is 0 Å². The summed E-state index contributed by atoms with van der Waals surface area (Å²) in [6, 6.07) is 6.85. The van der Waals surface area contributed by atoms with Gasteiger partial charge in [-0.2, -0.15) is 0 Å². The van der Waals surface area contributed by atoms with Gasteiger partial charge < -0.3 is 14.8 Å². The Bertz CT molecular complexity index is 564. The Balaban J connectivity index is 1.89. The molecule has 2 N–H and O–H groups in total. The highest BCUT2D eigenvalue weighted by Gasteiger charge is 2.14. The van der Waals surface area contributed by atoms with Gasteiger partial charge in [0.1, 0.15) is 11.9 Å². The normalized spacial score (nSPS) is 12.4. The highest BCUT2D eigenvalue weighted by Crippen LogP contribution is 2.26. The first kappa shape index (κ1) is 14.1. The zero-order valence-corrected chi connectivity index (χ0v) is 11.9. The minimum Gasteiger partial charge on any atom is -0.456 e. The molecule has 0 unspecified atom stereocenters. The Hall–Kier alpha value is -1.30. The molecular weight excluding hydrogens is 286 g/mol. The molecule has 0 saturated carbocycles. The maximum absolute atomic E-state index is 11.8. The Kier molecular flexibility index (Phi) is 4.63. The topological polar surface area (TPSA) is 62.5 Å². The molecule has 6 heteroatoms. The Morgan fingerprint density at radius 3 is 2.84 bits per heavy atom. The fraction of sp³-hybridized carbons (Fsp3) is 0.308. The molecule has 0 aliphatic heterocycles. The molecule has 1 atom stereocenters. The van der Waals surface area contributed by atoms with E-state index in [2.05, 4.69) is 5.32 Å². The predicted molar refractivity (Wildman–Crippen MR) is 74.7 cm³/mol. The summed E-state index contributed by atoms with van der Waals surface area (Å²) in [7, 11) is 0. The lowest BCUT2D eigenvalue weighted by Crippen LogP contribution is -2.27. The van der Waals surface area contributed by atoms with E-state index in [0.29, 0.717) is 4.34 Å². The van der Waals surface area contributed by atoms with Crippen LogP contribution in [-0.4, -0.2) is 17.6 Å². The molecule has 0 aromatic carbocycles. The van der Waals surface area contributed by atoms with E-state index in [1.807, 2.05) is 6.92 Å².